The number of hydrogen-bond donors (Lipinski definition) is 1. The predicted molar refractivity (Wildman–Crippen MR) is 83.7 cm³/mol. The average molecular weight is 341 g/mol. The van der Waals surface area contributed by atoms with Crippen LogP contribution in [0.4, 0.5) is 13.2 Å². The number of nitrogens with one attached hydrogen (secondary N) is 1. The van der Waals surface area contributed by atoms with Gasteiger partial charge in [0.1, 0.15) is 0 Å². The van der Waals surface area contributed by atoms with Crippen LogP contribution in [0.15, 0.2) is 41.5 Å². The molecule has 0 saturated carbocycles. The molecule has 0 bridgehead atoms. The first-order valence-electron chi connectivity index (χ1n) is 6.90. The van der Waals surface area contributed by atoms with E-state index in [4.69, 9.17) is 11.6 Å². The van der Waals surface area contributed by atoms with Gasteiger partial charge in [0.05, 0.1) is 21.5 Å². The minimum Gasteiger partial charge on any atom is -0.360 e. The molecule has 0 unspecified atom stereocenters. The first-order valence-corrected chi connectivity index (χ1v) is 7.28. The van der Waals surface area contributed by atoms with Crippen molar-refractivity contribution in [2.75, 3.05) is 0 Å². The van der Waals surface area contributed by atoms with E-state index in [1.165, 1.54) is 22.9 Å². The molecule has 3 rings (SSSR count). The highest BCUT2D eigenvalue weighted by atomic mass is 35.5. The quantitative estimate of drug-likeness (QED) is 0.722. The van der Waals surface area contributed by atoms with E-state index in [9.17, 15) is 18.0 Å². The third kappa shape index (κ3) is 2.63. The third-order valence-electron chi connectivity index (χ3n) is 3.73. The fourth-order valence-electron chi connectivity index (χ4n) is 2.56. The number of fused-ring (bicyclic) bond motifs is 1. The summed E-state index contributed by atoms with van der Waals surface area (Å²) in [6, 6.07) is 5.36. The number of nitrogens with zero attached hydrogens (tertiary/aromatic N) is 1. The first kappa shape index (κ1) is 15.7. The van der Waals surface area contributed by atoms with Gasteiger partial charge in [0.15, 0.2) is 0 Å². The molecule has 0 radical (unpaired) electrons. The van der Waals surface area contributed by atoms with Crippen LogP contribution in [0.2, 0.25) is 5.02 Å². The number of alkyl halides is 3. The molecule has 0 aliphatic heterocycles. The predicted octanol–water partition coefficient (Wildman–Crippen LogP) is 4.69. The second kappa shape index (κ2) is 5.45. The fraction of sp³-hybridized carbons (Fsp3) is 0.188. The summed E-state index contributed by atoms with van der Waals surface area (Å²) in [5.41, 5.74) is 0.134. The molecule has 0 spiro atoms. The van der Waals surface area contributed by atoms with Crippen LogP contribution >= 0.6 is 11.6 Å². The Bertz CT molecular complexity index is 941. The number of pyridine rings is 1. The van der Waals surface area contributed by atoms with Gasteiger partial charge < -0.3 is 9.55 Å². The highest BCUT2D eigenvalue weighted by Crippen LogP contribution is 2.38. The van der Waals surface area contributed by atoms with E-state index >= 15 is 0 Å². The minimum atomic E-state index is -4.55. The Balaban J connectivity index is 2.28. The Labute approximate surface area is 134 Å². The molecule has 2 aromatic heterocycles. The fourth-order valence-corrected chi connectivity index (χ4v) is 2.79. The topological polar surface area (TPSA) is 37.8 Å². The summed E-state index contributed by atoms with van der Waals surface area (Å²) in [5.74, 6) is 0. The number of aryl methyl sites for hydroxylation is 1. The molecule has 1 aromatic carbocycles. The molecule has 0 aliphatic carbocycles. The Kier molecular flexibility index (Phi) is 3.72. The van der Waals surface area contributed by atoms with Crippen LogP contribution in [-0.2, 0) is 12.7 Å². The Morgan fingerprint density at radius 3 is 2.65 bits per heavy atom. The van der Waals surface area contributed by atoms with E-state index in [2.05, 4.69) is 4.98 Å². The number of hydrogen-bond acceptors (Lipinski definition) is 1. The van der Waals surface area contributed by atoms with Gasteiger partial charge in [0.25, 0.3) is 5.56 Å². The smallest absolute Gasteiger partial charge is 0.360 e. The monoisotopic (exact) mass is 340 g/mol. The standard InChI is InChI=1S/C16H12ClF3N2O/c1-2-22-6-5-13-14(15(22)23)10(8-21-13)9-3-4-12(17)11(7-9)16(18,19)20/h3-8,21H,2H2,1H3. The van der Waals surface area contributed by atoms with Crippen molar-refractivity contribution in [2.45, 2.75) is 19.6 Å². The van der Waals surface area contributed by atoms with E-state index in [0.29, 0.717) is 28.6 Å². The molecule has 0 fully saturated rings. The lowest BCUT2D eigenvalue weighted by atomic mass is 10.0. The van der Waals surface area contributed by atoms with Gasteiger partial charge >= 0.3 is 6.18 Å². The molecule has 120 valence electrons. The van der Waals surface area contributed by atoms with Crippen molar-refractivity contribution < 1.29 is 13.2 Å². The molecule has 1 N–H and O–H groups in total. The van der Waals surface area contributed by atoms with Crippen molar-refractivity contribution in [3.63, 3.8) is 0 Å². The van der Waals surface area contributed by atoms with Gasteiger partial charge in [-0.05, 0) is 30.7 Å². The largest absolute Gasteiger partial charge is 0.417 e. The summed E-state index contributed by atoms with van der Waals surface area (Å²) in [6.07, 6.45) is -1.37. The van der Waals surface area contributed by atoms with Crippen LogP contribution in [0.1, 0.15) is 12.5 Å². The van der Waals surface area contributed by atoms with E-state index in [1.54, 1.807) is 12.3 Å². The molecular weight excluding hydrogens is 329 g/mol. The van der Waals surface area contributed by atoms with Crippen molar-refractivity contribution in [3.8, 4) is 11.1 Å². The SMILES string of the molecule is CCn1ccc2[nH]cc(-c3ccc(Cl)c(C(F)(F)F)c3)c2c1=O. The molecule has 0 saturated heterocycles. The van der Waals surface area contributed by atoms with Crippen LogP contribution < -0.4 is 5.56 Å². The first-order chi connectivity index (χ1) is 10.8. The Morgan fingerprint density at radius 1 is 1.26 bits per heavy atom. The normalized spacial score (nSPS) is 12.0. The Hall–Kier alpha value is -2.21. The summed E-state index contributed by atoms with van der Waals surface area (Å²) >= 11 is 5.65. The van der Waals surface area contributed by atoms with Crippen molar-refractivity contribution in [2.24, 2.45) is 0 Å². The third-order valence-corrected chi connectivity index (χ3v) is 4.06. The summed E-state index contributed by atoms with van der Waals surface area (Å²) < 4.78 is 40.6. The maximum absolute atomic E-state index is 13.0. The number of aromatic nitrogens is 2. The number of benzene rings is 1. The second-order valence-electron chi connectivity index (χ2n) is 5.09. The zero-order valence-electron chi connectivity index (χ0n) is 12.0. The maximum atomic E-state index is 13.0. The molecular formula is C16H12ClF3N2O. The number of rotatable bonds is 2. The molecule has 0 amide bonds. The average Bonchev–Trinajstić information content (AvgIpc) is 2.92. The molecule has 2 heterocycles. The van der Waals surface area contributed by atoms with Crippen molar-refractivity contribution in [1.29, 1.82) is 0 Å². The molecule has 0 atom stereocenters. The molecule has 23 heavy (non-hydrogen) atoms. The maximum Gasteiger partial charge on any atom is 0.417 e. The minimum absolute atomic E-state index is 0.246. The van der Waals surface area contributed by atoms with E-state index in [1.807, 2.05) is 6.92 Å². The van der Waals surface area contributed by atoms with Gasteiger partial charge in [-0.1, -0.05) is 17.7 Å². The summed E-state index contributed by atoms with van der Waals surface area (Å²) in [5, 5.41) is -0.00291. The lowest BCUT2D eigenvalue weighted by molar-refractivity contribution is -0.137. The Morgan fingerprint density at radius 2 is 2.00 bits per heavy atom. The van der Waals surface area contributed by atoms with Gasteiger partial charge in [-0.15, -0.1) is 0 Å². The van der Waals surface area contributed by atoms with Crippen molar-refractivity contribution in [1.82, 2.24) is 9.55 Å². The zero-order valence-corrected chi connectivity index (χ0v) is 12.8. The van der Waals surface area contributed by atoms with Gasteiger partial charge in [-0.25, -0.2) is 0 Å². The van der Waals surface area contributed by atoms with Gasteiger partial charge in [-0.3, -0.25) is 4.79 Å². The summed E-state index contributed by atoms with van der Waals surface area (Å²) in [4.78, 5) is 15.4. The number of H-pyrrole nitrogens is 1. The summed E-state index contributed by atoms with van der Waals surface area (Å²) in [7, 11) is 0. The highest BCUT2D eigenvalue weighted by Gasteiger charge is 2.33. The number of halogens is 4. The lowest BCUT2D eigenvalue weighted by Gasteiger charge is -2.10. The lowest BCUT2D eigenvalue weighted by Crippen LogP contribution is -2.18. The van der Waals surface area contributed by atoms with E-state index in [0.717, 1.165) is 6.07 Å². The van der Waals surface area contributed by atoms with Gasteiger partial charge in [0.2, 0.25) is 0 Å². The van der Waals surface area contributed by atoms with Crippen LogP contribution in [0.3, 0.4) is 0 Å². The molecule has 3 aromatic rings. The molecule has 7 heteroatoms. The zero-order chi connectivity index (χ0) is 16.8. The molecule has 0 aliphatic rings. The van der Waals surface area contributed by atoms with Crippen molar-refractivity contribution in [3.05, 3.63) is 57.6 Å². The summed E-state index contributed by atoms with van der Waals surface area (Å²) in [6.45, 7) is 2.30. The number of aromatic amines is 1. The van der Waals surface area contributed by atoms with Gasteiger partial charge in [0, 0.05) is 24.5 Å². The van der Waals surface area contributed by atoms with Crippen LogP contribution in [0.25, 0.3) is 22.0 Å². The van der Waals surface area contributed by atoms with Crippen LogP contribution in [0, 0.1) is 0 Å². The van der Waals surface area contributed by atoms with Gasteiger partial charge in [-0.2, -0.15) is 13.2 Å². The van der Waals surface area contributed by atoms with E-state index < -0.39 is 11.7 Å². The van der Waals surface area contributed by atoms with Crippen molar-refractivity contribution >= 4 is 22.5 Å². The second-order valence-corrected chi connectivity index (χ2v) is 5.50. The highest BCUT2D eigenvalue weighted by molar-refractivity contribution is 6.31. The van der Waals surface area contributed by atoms with Crippen LogP contribution in [0.5, 0.6) is 0 Å². The van der Waals surface area contributed by atoms with E-state index in [-0.39, 0.29) is 10.6 Å². The molecule has 3 nitrogen and oxygen atoms in total. The van der Waals surface area contributed by atoms with Crippen LogP contribution in [-0.4, -0.2) is 9.55 Å².